The highest BCUT2D eigenvalue weighted by Gasteiger charge is 2.16. The Balaban J connectivity index is 2.70. The van der Waals surface area contributed by atoms with Crippen LogP contribution in [0.3, 0.4) is 0 Å². The van der Waals surface area contributed by atoms with E-state index >= 15 is 0 Å². The molecule has 0 aliphatic rings. The van der Waals surface area contributed by atoms with Crippen LogP contribution >= 0.6 is 22.9 Å². The molecule has 0 aromatic carbocycles. The van der Waals surface area contributed by atoms with Crippen LogP contribution in [-0.4, -0.2) is 17.9 Å². The Morgan fingerprint density at radius 1 is 1.91 bits per heavy atom. The van der Waals surface area contributed by atoms with Crippen molar-refractivity contribution in [1.29, 1.82) is 0 Å². The van der Waals surface area contributed by atoms with E-state index < -0.39 is 5.38 Å². The van der Waals surface area contributed by atoms with Crippen molar-refractivity contribution in [3.05, 3.63) is 16.6 Å². The van der Waals surface area contributed by atoms with Gasteiger partial charge < -0.3 is 5.32 Å². The molecule has 1 unspecified atom stereocenters. The van der Waals surface area contributed by atoms with E-state index in [4.69, 9.17) is 11.6 Å². The quantitative estimate of drug-likeness (QED) is 0.712. The predicted octanol–water partition coefficient (Wildman–Crippen LogP) is 1.17. The number of amides is 1. The smallest absolute Gasteiger partial charge is 0.243 e. The number of thiazole rings is 1. The lowest BCUT2D eigenvalue weighted by Crippen LogP contribution is -2.21. The number of rotatable bonds is 2. The molecule has 60 valence electrons. The van der Waals surface area contributed by atoms with Gasteiger partial charge in [-0.05, 0) is 0 Å². The summed E-state index contributed by atoms with van der Waals surface area (Å²) in [6.45, 7) is 0. The van der Waals surface area contributed by atoms with Gasteiger partial charge in [0.1, 0.15) is 5.38 Å². The molecule has 0 fully saturated rings. The minimum Gasteiger partial charge on any atom is -0.358 e. The molecule has 1 atom stereocenters. The summed E-state index contributed by atoms with van der Waals surface area (Å²) in [5.41, 5.74) is 1.65. The fourth-order valence-corrected chi connectivity index (χ4v) is 1.52. The van der Waals surface area contributed by atoms with E-state index in [1.807, 2.05) is 0 Å². The molecule has 0 bridgehead atoms. The zero-order chi connectivity index (χ0) is 8.27. The second-order valence-electron chi connectivity index (χ2n) is 1.88. The van der Waals surface area contributed by atoms with E-state index in [1.54, 1.807) is 18.8 Å². The second-order valence-corrected chi connectivity index (χ2v) is 3.23. The van der Waals surface area contributed by atoms with Gasteiger partial charge in [0.05, 0.1) is 10.4 Å². The molecule has 11 heavy (non-hydrogen) atoms. The van der Waals surface area contributed by atoms with Crippen LogP contribution in [0, 0.1) is 0 Å². The van der Waals surface area contributed by atoms with E-state index in [9.17, 15) is 4.79 Å². The number of halogens is 1. The minimum atomic E-state index is -0.604. The van der Waals surface area contributed by atoms with E-state index in [1.165, 1.54) is 11.3 Å². The number of nitrogens with one attached hydrogen (secondary N) is 1. The topological polar surface area (TPSA) is 42.0 Å². The molecular formula is C6H7ClN2OS. The summed E-state index contributed by atoms with van der Waals surface area (Å²) in [7, 11) is 1.55. The molecular weight excluding hydrogens is 184 g/mol. The van der Waals surface area contributed by atoms with Crippen molar-refractivity contribution in [1.82, 2.24) is 10.3 Å². The van der Waals surface area contributed by atoms with Gasteiger partial charge in [0.15, 0.2) is 0 Å². The lowest BCUT2D eigenvalue weighted by Gasteiger charge is -2.02. The normalized spacial score (nSPS) is 12.5. The molecule has 0 aliphatic heterocycles. The summed E-state index contributed by atoms with van der Waals surface area (Å²) in [6.07, 6.45) is 1.59. The molecule has 0 radical (unpaired) electrons. The fourth-order valence-electron chi connectivity index (χ4n) is 0.607. The minimum absolute atomic E-state index is 0.198. The third kappa shape index (κ3) is 1.91. The molecule has 1 heterocycles. The number of likely N-dealkylation sites (N-methyl/N-ethyl adjacent to an activating group) is 1. The summed E-state index contributed by atoms with van der Waals surface area (Å²) >= 11 is 7.13. The number of carbonyl (C=O) groups excluding carboxylic acids is 1. The first-order chi connectivity index (χ1) is 5.25. The van der Waals surface area contributed by atoms with E-state index in [0.29, 0.717) is 0 Å². The number of alkyl halides is 1. The number of aromatic nitrogens is 1. The molecule has 0 saturated heterocycles. The summed E-state index contributed by atoms with van der Waals surface area (Å²) < 4.78 is 0. The van der Waals surface area contributed by atoms with Gasteiger partial charge in [-0.25, -0.2) is 0 Å². The lowest BCUT2D eigenvalue weighted by atomic mass is 10.3. The second kappa shape index (κ2) is 3.69. The number of hydrogen-bond acceptors (Lipinski definition) is 3. The van der Waals surface area contributed by atoms with Crippen LogP contribution in [0.15, 0.2) is 11.7 Å². The summed E-state index contributed by atoms with van der Waals surface area (Å²) in [4.78, 5) is 15.5. The highest BCUT2D eigenvalue weighted by atomic mass is 35.5. The van der Waals surface area contributed by atoms with Crippen LogP contribution in [0.2, 0.25) is 0 Å². The molecule has 5 heteroatoms. The first-order valence-corrected chi connectivity index (χ1v) is 4.31. The largest absolute Gasteiger partial charge is 0.358 e. The van der Waals surface area contributed by atoms with Crippen molar-refractivity contribution >= 4 is 28.8 Å². The van der Waals surface area contributed by atoms with Gasteiger partial charge in [-0.2, -0.15) is 0 Å². The third-order valence-corrected chi connectivity index (χ3v) is 2.58. The highest BCUT2D eigenvalue weighted by molar-refractivity contribution is 7.10. The van der Waals surface area contributed by atoms with Crippen LogP contribution < -0.4 is 5.32 Å². The Bertz CT molecular complexity index is 237. The number of carbonyl (C=O) groups is 1. The van der Waals surface area contributed by atoms with Gasteiger partial charge in [-0.15, -0.1) is 22.9 Å². The first kappa shape index (κ1) is 8.49. The van der Waals surface area contributed by atoms with Crippen molar-refractivity contribution in [2.45, 2.75) is 5.38 Å². The van der Waals surface area contributed by atoms with Gasteiger partial charge in [0.25, 0.3) is 0 Å². The van der Waals surface area contributed by atoms with Gasteiger partial charge in [0.2, 0.25) is 5.91 Å². The van der Waals surface area contributed by atoms with Gasteiger partial charge >= 0.3 is 0 Å². The number of nitrogens with zero attached hydrogens (tertiary/aromatic N) is 1. The number of hydrogen-bond donors (Lipinski definition) is 1. The maximum atomic E-state index is 10.9. The monoisotopic (exact) mass is 190 g/mol. The Morgan fingerprint density at radius 3 is 3.09 bits per heavy atom. The van der Waals surface area contributed by atoms with Crippen LogP contribution in [0.25, 0.3) is 0 Å². The predicted molar refractivity (Wildman–Crippen MR) is 44.8 cm³/mol. The van der Waals surface area contributed by atoms with Crippen LogP contribution in [0.4, 0.5) is 0 Å². The average Bonchev–Trinajstić information content (AvgIpc) is 2.53. The van der Waals surface area contributed by atoms with Crippen LogP contribution in [0.5, 0.6) is 0 Å². The zero-order valence-electron chi connectivity index (χ0n) is 5.87. The van der Waals surface area contributed by atoms with Crippen molar-refractivity contribution < 1.29 is 4.79 Å². The zero-order valence-corrected chi connectivity index (χ0v) is 7.45. The average molecular weight is 191 g/mol. The summed E-state index contributed by atoms with van der Waals surface area (Å²) in [5, 5.41) is 1.86. The maximum Gasteiger partial charge on any atom is 0.243 e. The molecule has 1 aromatic heterocycles. The van der Waals surface area contributed by atoms with Crippen LogP contribution in [-0.2, 0) is 4.79 Å². The molecule has 1 rings (SSSR count). The fraction of sp³-hybridized carbons (Fsp3) is 0.333. The molecule has 3 nitrogen and oxygen atoms in total. The molecule has 0 aliphatic carbocycles. The highest BCUT2D eigenvalue weighted by Crippen LogP contribution is 2.23. The van der Waals surface area contributed by atoms with Crippen molar-refractivity contribution in [3.63, 3.8) is 0 Å². The van der Waals surface area contributed by atoms with Crippen molar-refractivity contribution in [2.24, 2.45) is 0 Å². The molecule has 1 amide bonds. The lowest BCUT2D eigenvalue weighted by molar-refractivity contribution is -0.120. The third-order valence-electron chi connectivity index (χ3n) is 1.18. The van der Waals surface area contributed by atoms with Crippen molar-refractivity contribution in [3.8, 4) is 0 Å². The summed E-state index contributed by atoms with van der Waals surface area (Å²) in [6, 6.07) is 0. The first-order valence-electron chi connectivity index (χ1n) is 2.99. The standard InChI is InChI=1S/C6H7ClN2OS/c1-8-6(10)5(7)4-2-9-3-11-4/h2-3,5H,1H3,(H,8,10). The van der Waals surface area contributed by atoms with Crippen molar-refractivity contribution in [2.75, 3.05) is 7.05 Å². The van der Waals surface area contributed by atoms with E-state index in [2.05, 4.69) is 10.3 Å². The van der Waals surface area contributed by atoms with Crippen LogP contribution in [0.1, 0.15) is 10.3 Å². The molecule has 1 N–H and O–H groups in total. The maximum absolute atomic E-state index is 10.9. The van der Waals surface area contributed by atoms with Gasteiger partial charge in [0, 0.05) is 13.2 Å². The van der Waals surface area contributed by atoms with Gasteiger partial charge in [-0.3, -0.25) is 9.78 Å². The molecule has 0 saturated carbocycles. The Hall–Kier alpha value is -0.610. The Kier molecular flexibility index (Phi) is 2.84. The molecule has 0 spiro atoms. The summed E-state index contributed by atoms with van der Waals surface area (Å²) in [5.74, 6) is -0.198. The Labute approximate surface area is 73.4 Å². The Morgan fingerprint density at radius 2 is 2.64 bits per heavy atom. The molecule has 1 aromatic rings. The van der Waals surface area contributed by atoms with E-state index in [-0.39, 0.29) is 5.91 Å². The SMILES string of the molecule is CNC(=O)C(Cl)c1cncs1. The van der Waals surface area contributed by atoms with Gasteiger partial charge in [-0.1, -0.05) is 0 Å². The van der Waals surface area contributed by atoms with E-state index in [0.717, 1.165) is 4.88 Å².